The van der Waals surface area contributed by atoms with E-state index in [1.54, 1.807) is 24.8 Å². The van der Waals surface area contributed by atoms with E-state index < -0.39 is 0 Å². The van der Waals surface area contributed by atoms with Crippen LogP contribution in [0.4, 0.5) is 0 Å². The van der Waals surface area contributed by atoms with Crippen molar-refractivity contribution in [1.82, 2.24) is 19.9 Å². The summed E-state index contributed by atoms with van der Waals surface area (Å²) in [5.41, 5.74) is 4.07. The molecule has 112 valence electrons. The zero-order valence-corrected chi connectivity index (χ0v) is 12.3. The molecule has 4 rings (SSSR count). The first-order chi connectivity index (χ1) is 11.4. The van der Waals surface area contributed by atoms with E-state index in [0.29, 0.717) is 0 Å². The number of pyridine rings is 3. The molecule has 0 N–H and O–H groups in total. The van der Waals surface area contributed by atoms with Crippen molar-refractivity contribution in [2.75, 3.05) is 0 Å². The van der Waals surface area contributed by atoms with Gasteiger partial charge in [0, 0.05) is 47.7 Å². The van der Waals surface area contributed by atoms with E-state index in [9.17, 15) is 0 Å². The second kappa shape index (κ2) is 7.61. The van der Waals surface area contributed by atoms with E-state index in [2.05, 4.69) is 24.4 Å². The van der Waals surface area contributed by atoms with Crippen LogP contribution in [-0.2, 0) is 0 Å². The van der Waals surface area contributed by atoms with E-state index >= 15 is 0 Å². The maximum absolute atomic E-state index is 4.47. The van der Waals surface area contributed by atoms with Gasteiger partial charge in [-0.05, 0) is 24.3 Å². The normalized spacial score (nSPS) is 9.74. The van der Waals surface area contributed by atoms with Gasteiger partial charge in [0.15, 0.2) is 6.39 Å². The molecule has 0 aliphatic carbocycles. The smallest absolute Gasteiger partial charge is 0.180 e. The zero-order valence-electron chi connectivity index (χ0n) is 12.3. The Kier molecular flexibility index (Phi) is 4.83. The van der Waals surface area contributed by atoms with Crippen LogP contribution in [0.2, 0.25) is 0 Å². The molecule has 0 saturated heterocycles. The van der Waals surface area contributed by atoms with Gasteiger partial charge in [-0.2, -0.15) is 0 Å². The molecule has 0 radical (unpaired) electrons. The molecule has 0 aromatic carbocycles. The van der Waals surface area contributed by atoms with E-state index in [1.807, 2.05) is 48.8 Å². The number of hydrogen-bond donors (Lipinski definition) is 0. The minimum atomic E-state index is 0.929. The van der Waals surface area contributed by atoms with Crippen molar-refractivity contribution in [2.24, 2.45) is 0 Å². The second-order valence-electron chi connectivity index (χ2n) is 4.56. The summed E-state index contributed by atoms with van der Waals surface area (Å²) in [6.45, 7) is 0. The molecule has 4 aromatic heterocycles. The van der Waals surface area contributed by atoms with Gasteiger partial charge in [-0.15, -0.1) is 0 Å². The molecule has 5 heteroatoms. The molecule has 0 fully saturated rings. The van der Waals surface area contributed by atoms with Crippen LogP contribution in [0.15, 0.2) is 90.7 Å². The molecular formula is C18H14N4O. The predicted molar refractivity (Wildman–Crippen MR) is 87.2 cm³/mol. The van der Waals surface area contributed by atoms with Crippen molar-refractivity contribution < 1.29 is 4.42 Å². The van der Waals surface area contributed by atoms with Crippen molar-refractivity contribution in [3.8, 4) is 22.4 Å². The quantitative estimate of drug-likeness (QED) is 0.562. The Hall–Kier alpha value is -3.34. The van der Waals surface area contributed by atoms with Crippen LogP contribution in [-0.4, -0.2) is 19.9 Å². The molecule has 4 heterocycles. The first-order valence-electron chi connectivity index (χ1n) is 7.03. The monoisotopic (exact) mass is 302 g/mol. The van der Waals surface area contributed by atoms with E-state index in [4.69, 9.17) is 0 Å². The highest BCUT2D eigenvalue weighted by Gasteiger charge is 2.07. The van der Waals surface area contributed by atoms with Crippen LogP contribution in [0.1, 0.15) is 0 Å². The second-order valence-corrected chi connectivity index (χ2v) is 4.56. The molecular weight excluding hydrogens is 288 g/mol. The Morgan fingerprint density at radius 2 is 1.43 bits per heavy atom. The minimum Gasteiger partial charge on any atom is -0.452 e. The Morgan fingerprint density at radius 1 is 0.696 bits per heavy atom. The number of hydrogen-bond acceptors (Lipinski definition) is 5. The van der Waals surface area contributed by atoms with E-state index in [-0.39, 0.29) is 0 Å². The summed E-state index contributed by atoms with van der Waals surface area (Å²) in [7, 11) is 0. The van der Waals surface area contributed by atoms with Gasteiger partial charge in [-0.1, -0.05) is 12.1 Å². The third kappa shape index (κ3) is 3.85. The van der Waals surface area contributed by atoms with Crippen LogP contribution in [0.3, 0.4) is 0 Å². The lowest BCUT2D eigenvalue weighted by atomic mass is 10.0. The van der Waals surface area contributed by atoms with Crippen molar-refractivity contribution in [2.45, 2.75) is 0 Å². The lowest BCUT2D eigenvalue weighted by Crippen LogP contribution is -1.89. The molecule has 0 spiro atoms. The van der Waals surface area contributed by atoms with E-state index in [0.717, 1.165) is 22.4 Å². The molecule has 5 nitrogen and oxygen atoms in total. The zero-order chi connectivity index (χ0) is 15.7. The van der Waals surface area contributed by atoms with Gasteiger partial charge in [0.25, 0.3) is 0 Å². The lowest BCUT2D eigenvalue weighted by molar-refractivity contribution is 0.558. The Balaban J connectivity index is 0.000000267. The van der Waals surface area contributed by atoms with Crippen LogP contribution < -0.4 is 0 Å². The fourth-order valence-corrected chi connectivity index (χ4v) is 2.07. The van der Waals surface area contributed by atoms with Gasteiger partial charge < -0.3 is 4.42 Å². The number of nitrogens with zero attached hydrogens (tertiary/aromatic N) is 4. The Labute approximate surface area is 133 Å². The number of rotatable bonds is 2. The van der Waals surface area contributed by atoms with Crippen LogP contribution in [0, 0.1) is 0 Å². The van der Waals surface area contributed by atoms with Gasteiger partial charge in [0.1, 0.15) is 6.26 Å². The Bertz CT molecular complexity index is 742. The highest BCUT2D eigenvalue weighted by atomic mass is 16.3. The summed E-state index contributed by atoms with van der Waals surface area (Å²) in [5.74, 6) is 0. The number of oxazole rings is 1. The summed E-state index contributed by atoms with van der Waals surface area (Å²) in [6, 6.07) is 11.9. The molecule has 0 aliphatic heterocycles. The van der Waals surface area contributed by atoms with Crippen molar-refractivity contribution in [1.29, 1.82) is 0 Å². The third-order valence-electron chi connectivity index (χ3n) is 3.06. The summed E-state index contributed by atoms with van der Waals surface area (Å²) in [5, 5.41) is 0. The highest BCUT2D eigenvalue weighted by molar-refractivity contribution is 5.79. The van der Waals surface area contributed by atoms with Gasteiger partial charge in [0.2, 0.25) is 0 Å². The van der Waals surface area contributed by atoms with Crippen molar-refractivity contribution in [3.05, 3.63) is 86.2 Å². The number of aromatic nitrogens is 4. The highest BCUT2D eigenvalue weighted by Crippen LogP contribution is 2.28. The minimum absolute atomic E-state index is 0.929. The van der Waals surface area contributed by atoms with Crippen LogP contribution in [0.25, 0.3) is 22.4 Å². The first-order valence-corrected chi connectivity index (χ1v) is 7.03. The Morgan fingerprint density at radius 3 is 2.00 bits per heavy atom. The summed E-state index contributed by atoms with van der Waals surface area (Å²) in [6.07, 6.45) is 13.5. The predicted octanol–water partition coefficient (Wildman–Crippen LogP) is 3.88. The van der Waals surface area contributed by atoms with Crippen LogP contribution in [0.5, 0.6) is 0 Å². The SMILES string of the molecule is c1cncc(-c2cccnc2-c2cccnc2)c1.c1cocn1. The molecule has 0 saturated carbocycles. The molecule has 0 bridgehead atoms. The van der Waals surface area contributed by atoms with Gasteiger partial charge in [0.05, 0.1) is 11.9 Å². The van der Waals surface area contributed by atoms with Crippen molar-refractivity contribution >= 4 is 0 Å². The molecule has 0 amide bonds. The summed E-state index contributed by atoms with van der Waals surface area (Å²) >= 11 is 0. The standard InChI is InChI=1S/C15H11N3.C3H3NO/c1-4-12(10-16-7-1)14-6-3-9-18-15(14)13-5-2-8-17-11-13;1-2-5-3-4-1/h1-11H;1-3H. The molecule has 23 heavy (non-hydrogen) atoms. The topological polar surface area (TPSA) is 64.7 Å². The molecule has 0 atom stereocenters. The van der Waals surface area contributed by atoms with Gasteiger partial charge >= 0.3 is 0 Å². The maximum Gasteiger partial charge on any atom is 0.180 e. The van der Waals surface area contributed by atoms with Gasteiger partial charge in [-0.3, -0.25) is 15.0 Å². The molecule has 0 unspecified atom stereocenters. The summed E-state index contributed by atoms with van der Waals surface area (Å²) < 4.78 is 4.47. The van der Waals surface area contributed by atoms with Crippen molar-refractivity contribution in [3.63, 3.8) is 0 Å². The third-order valence-corrected chi connectivity index (χ3v) is 3.06. The lowest BCUT2D eigenvalue weighted by Gasteiger charge is -2.07. The fourth-order valence-electron chi connectivity index (χ4n) is 2.07. The average Bonchev–Trinajstić information content (AvgIpc) is 3.23. The fraction of sp³-hybridized carbons (Fsp3) is 0. The van der Waals surface area contributed by atoms with E-state index in [1.165, 1.54) is 12.7 Å². The van der Waals surface area contributed by atoms with Gasteiger partial charge in [-0.25, -0.2) is 4.98 Å². The first kappa shape index (κ1) is 14.6. The summed E-state index contributed by atoms with van der Waals surface area (Å²) in [4.78, 5) is 16.3. The average molecular weight is 302 g/mol. The molecule has 0 aliphatic rings. The van der Waals surface area contributed by atoms with Crippen LogP contribution >= 0.6 is 0 Å². The molecule has 4 aromatic rings. The largest absolute Gasteiger partial charge is 0.452 e. The maximum atomic E-state index is 4.47.